The maximum atomic E-state index is 14.9. The molecule has 3 heterocycles. The molecule has 10 nitrogen and oxygen atoms in total. The van der Waals surface area contributed by atoms with Crippen molar-refractivity contribution in [3.8, 4) is 0 Å². The predicted molar refractivity (Wildman–Crippen MR) is 115 cm³/mol. The number of ether oxygens (including phenoxy) is 3. The van der Waals surface area contributed by atoms with Gasteiger partial charge < -0.3 is 29.0 Å². The van der Waals surface area contributed by atoms with E-state index in [4.69, 9.17) is 9.47 Å². The minimum absolute atomic E-state index is 0.0764. The molecular weight excluding hydrogens is 442 g/mol. The summed E-state index contributed by atoms with van der Waals surface area (Å²) in [4.78, 5) is 43.3. The van der Waals surface area contributed by atoms with Gasteiger partial charge in [0.05, 0.1) is 5.39 Å². The van der Waals surface area contributed by atoms with Gasteiger partial charge in [0.2, 0.25) is 11.7 Å². The number of fused-ring (bicyclic) bond motifs is 1. The molecule has 180 valence electrons. The van der Waals surface area contributed by atoms with E-state index in [0.29, 0.717) is 32.7 Å². The van der Waals surface area contributed by atoms with E-state index in [1.165, 1.54) is 20.0 Å². The predicted octanol–water partition coefficient (Wildman–Crippen LogP) is 1.98. The quantitative estimate of drug-likeness (QED) is 0.481. The van der Waals surface area contributed by atoms with Crippen molar-refractivity contribution >= 4 is 29.0 Å². The van der Waals surface area contributed by atoms with Crippen molar-refractivity contribution in [2.45, 2.75) is 39.7 Å². The molecule has 0 aromatic carbocycles. The van der Waals surface area contributed by atoms with Gasteiger partial charge in [-0.25, -0.2) is 23.4 Å². The summed E-state index contributed by atoms with van der Waals surface area (Å²) in [5.41, 5.74) is -0.901. The molecule has 12 heteroatoms. The number of halogens is 2. The van der Waals surface area contributed by atoms with Gasteiger partial charge in [-0.1, -0.05) is 0 Å². The van der Waals surface area contributed by atoms with Gasteiger partial charge in [-0.3, -0.25) is 4.79 Å². The average molecular weight is 468 g/mol. The second-order valence-electron chi connectivity index (χ2n) is 7.48. The molecule has 2 unspecified atom stereocenters. The summed E-state index contributed by atoms with van der Waals surface area (Å²) in [5.74, 6) is -1.60. The number of aryl methyl sites for hydroxylation is 1. The van der Waals surface area contributed by atoms with Crippen molar-refractivity contribution in [1.82, 2.24) is 14.9 Å². The number of carbonyl (C=O) groups is 2. The number of anilines is 1. The third kappa shape index (κ3) is 5.56. The van der Waals surface area contributed by atoms with E-state index in [0.717, 1.165) is 6.07 Å². The molecule has 1 aliphatic heterocycles. The van der Waals surface area contributed by atoms with Gasteiger partial charge in [-0.2, -0.15) is 0 Å². The highest BCUT2D eigenvalue weighted by atomic mass is 19.1. The largest absolute Gasteiger partial charge is 0.511 e. The van der Waals surface area contributed by atoms with Crippen LogP contribution in [0.15, 0.2) is 17.1 Å². The Kier molecular flexibility index (Phi) is 7.79. The van der Waals surface area contributed by atoms with Crippen molar-refractivity contribution in [1.29, 1.82) is 0 Å². The number of pyridine rings is 2. The normalized spacial score (nSPS) is 15.7. The lowest BCUT2D eigenvalue weighted by molar-refractivity contribution is -0.0892. The van der Waals surface area contributed by atoms with E-state index in [1.807, 2.05) is 0 Å². The van der Waals surface area contributed by atoms with E-state index < -0.39 is 42.4 Å². The minimum atomic E-state index is -1.41. The molecule has 0 saturated carbocycles. The lowest BCUT2D eigenvalue weighted by Crippen LogP contribution is -2.44. The van der Waals surface area contributed by atoms with E-state index in [1.54, 1.807) is 16.4 Å². The highest BCUT2D eigenvalue weighted by Crippen LogP contribution is 2.22. The second-order valence-corrected chi connectivity index (χ2v) is 7.48. The van der Waals surface area contributed by atoms with Crippen LogP contribution in [0.2, 0.25) is 0 Å². The van der Waals surface area contributed by atoms with Crippen LogP contribution in [0.5, 0.6) is 0 Å². The summed E-state index contributed by atoms with van der Waals surface area (Å²) in [5, 5.41) is 3.10. The van der Waals surface area contributed by atoms with Crippen molar-refractivity contribution in [2.24, 2.45) is 0 Å². The van der Waals surface area contributed by atoms with Crippen LogP contribution in [0, 0.1) is 5.82 Å². The zero-order chi connectivity index (χ0) is 24.1. The lowest BCUT2D eigenvalue weighted by atomic mass is 10.2. The fourth-order valence-electron chi connectivity index (χ4n) is 3.36. The van der Waals surface area contributed by atoms with Gasteiger partial charge in [-0.15, -0.1) is 0 Å². The highest BCUT2D eigenvalue weighted by molar-refractivity contribution is 5.93. The number of nitrogens with one attached hydrogen (secondary N) is 1. The van der Waals surface area contributed by atoms with Crippen LogP contribution < -0.4 is 15.6 Å². The molecule has 2 aromatic rings. The van der Waals surface area contributed by atoms with Crippen molar-refractivity contribution in [2.75, 3.05) is 37.8 Å². The van der Waals surface area contributed by atoms with Crippen LogP contribution in [-0.2, 0) is 20.8 Å². The molecule has 2 atom stereocenters. The number of esters is 1. The number of nitrogens with zero attached hydrogens (tertiary/aromatic N) is 3. The van der Waals surface area contributed by atoms with Crippen LogP contribution in [0.4, 0.5) is 19.4 Å². The van der Waals surface area contributed by atoms with Gasteiger partial charge in [0, 0.05) is 45.8 Å². The minimum Gasteiger partial charge on any atom is -0.428 e. The number of carbonyl (C=O) groups excluding carboxylic acids is 2. The van der Waals surface area contributed by atoms with Crippen LogP contribution in [0.1, 0.15) is 31.1 Å². The zero-order valence-corrected chi connectivity index (χ0v) is 18.6. The Morgan fingerprint density at radius 3 is 2.55 bits per heavy atom. The highest BCUT2D eigenvalue weighted by Gasteiger charge is 2.24. The van der Waals surface area contributed by atoms with E-state index in [2.05, 4.69) is 15.0 Å². The average Bonchev–Trinajstić information content (AvgIpc) is 2.79. The molecule has 0 amide bonds. The van der Waals surface area contributed by atoms with Crippen molar-refractivity contribution in [3.05, 3.63) is 33.9 Å². The van der Waals surface area contributed by atoms with Crippen LogP contribution in [-0.4, -0.2) is 66.9 Å². The monoisotopic (exact) mass is 468 g/mol. The first-order valence-corrected chi connectivity index (χ1v) is 10.6. The first kappa shape index (κ1) is 24.4. The number of hydrogen-bond acceptors (Lipinski definition) is 9. The van der Waals surface area contributed by atoms with Crippen LogP contribution in [0.3, 0.4) is 0 Å². The molecule has 3 rings (SSSR count). The molecule has 1 fully saturated rings. The topological polar surface area (TPSA) is 112 Å². The third-order valence-electron chi connectivity index (χ3n) is 5.01. The maximum Gasteiger partial charge on any atom is 0.511 e. The van der Waals surface area contributed by atoms with E-state index in [9.17, 15) is 23.2 Å². The van der Waals surface area contributed by atoms with Gasteiger partial charge in [-0.05, 0) is 19.9 Å². The number of hydrogen-bond donors (Lipinski definition) is 1. The Bertz CT molecular complexity index is 1090. The molecule has 33 heavy (non-hydrogen) atoms. The summed E-state index contributed by atoms with van der Waals surface area (Å²) in [6, 6.07) is 1.07. The lowest BCUT2D eigenvalue weighted by Gasteiger charge is -2.29. The standard InChI is InChI=1S/C21H26F2N4O6/c1-4-26-11-15(20(29)32-13(3)33-21(30)31-12(2)10-22)17(28)14-9-16(23)19(25-18(14)26)27-7-5-24-6-8-27/h9,11-13,24H,4-8,10H2,1-3H3. The fourth-order valence-corrected chi connectivity index (χ4v) is 3.36. The molecule has 0 aliphatic carbocycles. The Morgan fingerprint density at radius 1 is 1.21 bits per heavy atom. The Hall–Kier alpha value is -3.28. The zero-order valence-electron chi connectivity index (χ0n) is 18.6. The van der Waals surface area contributed by atoms with Crippen molar-refractivity contribution in [3.63, 3.8) is 0 Å². The van der Waals surface area contributed by atoms with E-state index >= 15 is 0 Å². The Labute approximate surface area is 188 Å². The van der Waals surface area contributed by atoms with Gasteiger partial charge in [0.15, 0.2) is 11.6 Å². The first-order chi connectivity index (χ1) is 15.7. The van der Waals surface area contributed by atoms with Crippen molar-refractivity contribution < 1.29 is 32.6 Å². The summed E-state index contributed by atoms with van der Waals surface area (Å²) >= 11 is 0. The Morgan fingerprint density at radius 2 is 1.91 bits per heavy atom. The SMILES string of the molecule is CCn1cc(C(=O)OC(C)OC(=O)OC(C)CF)c(=O)c2cc(F)c(N3CCNCC3)nc21. The molecule has 1 saturated heterocycles. The number of aromatic nitrogens is 2. The summed E-state index contributed by atoms with van der Waals surface area (Å²) in [6.45, 7) is 6.29. The molecule has 1 N–H and O–H groups in total. The number of alkyl halides is 1. The molecule has 0 bridgehead atoms. The van der Waals surface area contributed by atoms with E-state index in [-0.39, 0.29) is 22.4 Å². The van der Waals surface area contributed by atoms with Gasteiger partial charge in [0.25, 0.3) is 0 Å². The van der Waals surface area contributed by atoms with Crippen LogP contribution >= 0.6 is 0 Å². The molecule has 1 aliphatic rings. The smallest absolute Gasteiger partial charge is 0.428 e. The molecular formula is C21H26F2N4O6. The number of rotatable bonds is 7. The molecule has 0 spiro atoms. The maximum absolute atomic E-state index is 14.9. The fraction of sp³-hybridized carbons (Fsp3) is 0.524. The summed E-state index contributed by atoms with van der Waals surface area (Å²) < 4.78 is 43.2. The first-order valence-electron chi connectivity index (χ1n) is 10.6. The third-order valence-corrected chi connectivity index (χ3v) is 5.01. The number of piperazine rings is 1. The summed E-state index contributed by atoms with van der Waals surface area (Å²) in [7, 11) is 0. The molecule has 2 aromatic heterocycles. The summed E-state index contributed by atoms with van der Waals surface area (Å²) in [6.07, 6.45) is -2.38. The van der Waals surface area contributed by atoms with Gasteiger partial charge in [0.1, 0.15) is 24.0 Å². The van der Waals surface area contributed by atoms with Crippen LogP contribution in [0.25, 0.3) is 11.0 Å². The Balaban J connectivity index is 1.87. The van der Waals surface area contributed by atoms with Gasteiger partial charge >= 0.3 is 12.1 Å². The molecule has 0 radical (unpaired) electrons. The second kappa shape index (κ2) is 10.6.